The van der Waals surface area contributed by atoms with E-state index in [0.29, 0.717) is 23.1 Å². The molecular weight excluding hydrogens is 480 g/mol. The van der Waals surface area contributed by atoms with Gasteiger partial charge in [0.05, 0.1) is 17.6 Å². The van der Waals surface area contributed by atoms with Crippen LogP contribution in [0.1, 0.15) is 38.7 Å². The first kappa shape index (κ1) is 28.5. The Morgan fingerprint density at radius 3 is 2.36 bits per heavy atom. The fourth-order valence-electron chi connectivity index (χ4n) is 3.40. The number of carbonyl (C=O) groups excluding carboxylic acids is 2. The standard InChI is InChI=1S/C26H32N4O5S/c1-5-7-12-25(31)30(23(17-27)26(32)35-6-2)18-20-13-15-21(16-14-20)22-10-8-9-11-24(22)36(33,34)28-19-29(3)4/h8-11,13-16,19,23H,5-7,12,18H2,1-4H3/b28-19+. The summed E-state index contributed by atoms with van der Waals surface area (Å²) in [5.41, 5.74) is 1.81. The number of unbranched alkanes of at least 4 members (excludes halogenated alkanes) is 1. The van der Waals surface area contributed by atoms with Gasteiger partial charge in [-0.25, -0.2) is 4.79 Å². The molecule has 2 aromatic carbocycles. The lowest BCUT2D eigenvalue weighted by Gasteiger charge is -2.26. The Kier molecular flexibility index (Phi) is 10.6. The van der Waals surface area contributed by atoms with Gasteiger partial charge < -0.3 is 14.5 Å². The van der Waals surface area contributed by atoms with Crippen molar-refractivity contribution < 1.29 is 22.7 Å². The summed E-state index contributed by atoms with van der Waals surface area (Å²) in [6, 6.07) is 14.0. The van der Waals surface area contributed by atoms with Crippen molar-refractivity contribution >= 4 is 28.2 Å². The SMILES string of the molecule is CCCCC(=O)N(Cc1ccc(-c2ccccc2S(=O)(=O)/N=C/N(C)C)cc1)C(C#N)C(=O)OCC. The molecule has 0 spiro atoms. The van der Waals surface area contributed by atoms with E-state index in [4.69, 9.17) is 4.74 Å². The number of rotatable bonds is 12. The average molecular weight is 513 g/mol. The van der Waals surface area contributed by atoms with Gasteiger partial charge in [0.25, 0.3) is 10.0 Å². The molecule has 0 bridgehead atoms. The molecule has 9 nitrogen and oxygen atoms in total. The Labute approximate surface area is 213 Å². The third-order valence-corrected chi connectivity index (χ3v) is 6.49. The van der Waals surface area contributed by atoms with E-state index in [0.717, 1.165) is 6.42 Å². The smallest absolute Gasteiger partial charge is 0.343 e. The molecule has 0 aromatic heterocycles. The van der Waals surface area contributed by atoms with Crippen molar-refractivity contribution in [3.8, 4) is 17.2 Å². The average Bonchev–Trinajstić information content (AvgIpc) is 2.86. The highest BCUT2D eigenvalue weighted by Gasteiger charge is 2.31. The Hall–Kier alpha value is -3.71. The minimum atomic E-state index is -3.93. The summed E-state index contributed by atoms with van der Waals surface area (Å²) in [5, 5.41) is 9.61. The number of amides is 1. The second kappa shape index (κ2) is 13.4. The molecule has 0 heterocycles. The minimum Gasteiger partial charge on any atom is -0.464 e. The van der Waals surface area contributed by atoms with Crippen molar-refractivity contribution in [2.24, 2.45) is 4.40 Å². The summed E-state index contributed by atoms with van der Waals surface area (Å²) in [6.07, 6.45) is 2.88. The first-order valence-corrected chi connectivity index (χ1v) is 13.1. The van der Waals surface area contributed by atoms with Gasteiger partial charge in [0.15, 0.2) is 0 Å². The Balaban J connectivity index is 2.38. The molecule has 0 radical (unpaired) electrons. The van der Waals surface area contributed by atoms with Crippen molar-refractivity contribution in [3.63, 3.8) is 0 Å². The van der Waals surface area contributed by atoms with E-state index in [-0.39, 0.29) is 30.4 Å². The summed E-state index contributed by atoms with van der Waals surface area (Å²) < 4.78 is 34.3. The van der Waals surface area contributed by atoms with E-state index in [1.165, 1.54) is 22.2 Å². The second-order valence-corrected chi connectivity index (χ2v) is 9.86. The van der Waals surface area contributed by atoms with E-state index in [1.54, 1.807) is 63.5 Å². The van der Waals surface area contributed by atoms with Gasteiger partial charge in [-0.3, -0.25) is 4.79 Å². The van der Waals surface area contributed by atoms with Crippen molar-refractivity contribution in [1.82, 2.24) is 9.80 Å². The van der Waals surface area contributed by atoms with Gasteiger partial charge >= 0.3 is 5.97 Å². The maximum atomic E-state index is 12.9. The number of hydrogen-bond donors (Lipinski definition) is 0. The number of hydrogen-bond acceptors (Lipinski definition) is 6. The van der Waals surface area contributed by atoms with Crippen LogP contribution in [0.2, 0.25) is 0 Å². The topological polar surface area (TPSA) is 120 Å². The molecule has 0 aliphatic heterocycles. The second-order valence-electron chi connectivity index (χ2n) is 8.26. The summed E-state index contributed by atoms with van der Waals surface area (Å²) in [5.74, 6) is -1.07. The van der Waals surface area contributed by atoms with Gasteiger partial charge in [-0.15, -0.1) is 4.40 Å². The number of nitriles is 1. The lowest BCUT2D eigenvalue weighted by molar-refractivity contribution is -0.152. The molecular formula is C26H32N4O5S. The number of ether oxygens (including phenoxy) is 1. The molecule has 0 saturated heterocycles. The van der Waals surface area contributed by atoms with Crippen LogP contribution in [0.4, 0.5) is 0 Å². The third-order valence-electron chi connectivity index (χ3n) is 5.21. The van der Waals surface area contributed by atoms with Gasteiger partial charge in [-0.05, 0) is 30.5 Å². The summed E-state index contributed by atoms with van der Waals surface area (Å²) in [6.45, 7) is 3.72. The molecule has 0 N–H and O–H groups in total. The largest absolute Gasteiger partial charge is 0.464 e. The maximum absolute atomic E-state index is 12.9. The number of esters is 1. The predicted octanol–water partition coefficient (Wildman–Crippen LogP) is 3.61. The zero-order valence-corrected chi connectivity index (χ0v) is 21.9. The van der Waals surface area contributed by atoms with Gasteiger partial charge in [0, 0.05) is 32.6 Å². The molecule has 1 atom stereocenters. The fraction of sp³-hybridized carbons (Fsp3) is 0.385. The molecule has 1 unspecified atom stereocenters. The third kappa shape index (κ3) is 7.65. The van der Waals surface area contributed by atoms with Crippen molar-refractivity contribution in [1.29, 1.82) is 5.26 Å². The molecule has 36 heavy (non-hydrogen) atoms. The first-order chi connectivity index (χ1) is 17.1. The van der Waals surface area contributed by atoms with Crippen LogP contribution in [0.5, 0.6) is 0 Å². The van der Waals surface area contributed by atoms with Crippen LogP contribution in [-0.2, 0) is 30.9 Å². The van der Waals surface area contributed by atoms with Crippen LogP contribution in [0, 0.1) is 11.3 Å². The van der Waals surface area contributed by atoms with Crippen molar-refractivity contribution in [3.05, 3.63) is 54.1 Å². The zero-order chi connectivity index (χ0) is 26.7. The summed E-state index contributed by atoms with van der Waals surface area (Å²) in [7, 11) is -0.567. The number of carbonyl (C=O) groups is 2. The molecule has 10 heteroatoms. The van der Waals surface area contributed by atoms with Gasteiger partial charge in [0.2, 0.25) is 11.9 Å². The first-order valence-electron chi connectivity index (χ1n) is 11.7. The van der Waals surface area contributed by atoms with Gasteiger partial charge in [0.1, 0.15) is 6.34 Å². The molecule has 192 valence electrons. The highest BCUT2D eigenvalue weighted by atomic mass is 32.2. The van der Waals surface area contributed by atoms with E-state index in [2.05, 4.69) is 4.40 Å². The quantitative estimate of drug-likeness (QED) is 0.242. The molecule has 2 aromatic rings. The number of sulfonamides is 1. The maximum Gasteiger partial charge on any atom is 0.343 e. The van der Waals surface area contributed by atoms with E-state index < -0.39 is 22.0 Å². The normalized spacial score (nSPS) is 12.1. The molecule has 1 amide bonds. The summed E-state index contributed by atoms with van der Waals surface area (Å²) in [4.78, 5) is 28.0. The highest BCUT2D eigenvalue weighted by Crippen LogP contribution is 2.29. The van der Waals surface area contributed by atoms with Gasteiger partial charge in [-0.1, -0.05) is 55.8 Å². The molecule has 0 aliphatic carbocycles. The lowest BCUT2D eigenvalue weighted by atomic mass is 10.0. The zero-order valence-electron chi connectivity index (χ0n) is 21.0. The monoisotopic (exact) mass is 512 g/mol. The van der Waals surface area contributed by atoms with E-state index in [1.807, 2.05) is 13.0 Å². The van der Waals surface area contributed by atoms with Crippen molar-refractivity contribution in [2.75, 3.05) is 20.7 Å². The highest BCUT2D eigenvalue weighted by molar-refractivity contribution is 7.90. The fourth-order valence-corrected chi connectivity index (χ4v) is 4.54. The molecule has 0 saturated carbocycles. The Morgan fingerprint density at radius 2 is 1.78 bits per heavy atom. The molecule has 0 fully saturated rings. The van der Waals surface area contributed by atoms with E-state index >= 15 is 0 Å². The Morgan fingerprint density at radius 1 is 1.11 bits per heavy atom. The lowest BCUT2D eigenvalue weighted by Crippen LogP contribution is -2.44. The molecule has 2 rings (SSSR count). The van der Waals surface area contributed by atoms with Gasteiger partial charge in [-0.2, -0.15) is 13.7 Å². The number of nitrogens with zero attached hydrogens (tertiary/aromatic N) is 4. The minimum absolute atomic E-state index is 0.0347. The van der Waals surface area contributed by atoms with Crippen LogP contribution in [-0.4, -0.2) is 63.2 Å². The predicted molar refractivity (Wildman–Crippen MR) is 137 cm³/mol. The Bertz CT molecular complexity index is 1220. The van der Waals surface area contributed by atoms with E-state index in [9.17, 15) is 23.3 Å². The van der Waals surface area contributed by atoms with Crippen molar-refractivity contribution in [2.45, 2.75) is 50.6 Å². The summed E-state index contributed by atoms with van der Waals surface area (Å²) >= 11 is 0. The number of benzene rings is 2. The van der Waals surface area contributed by atoms with Crippen LogP contribution in [0.3, 0.4) is 0 Å². The molecule has 0 aliphatic rings. The van der Waals surface area contributed by atoms with Crippen LogP contribution in [0.25, 0.3) is 11.1 Å². The van der Waals surface area contributed by atoms with Crippen LogP contribution in [0.15, 0.2) is 57.8 Å². The van der Waals surface area contributed by atoms with Crippen LogP contribution >= 0.6 is 0 Å². The van der Waals surface area contributed by atoms with Crippen LogP contribution < -0.4 is 0 Å².